The number of nitrogens with zero attached hydrogens (tertiary/aromatic N) is 5. The van der Waals surface area contributed by atoms with Crippen molar-refractivity contribution in [1.82, 2.24) is 24.8 Å². The number of rotatable bonds is 7. The molecule has 0 radical (unpaired) electrons. The first-order chi connectivity index (χ1) is 20.7. The van der Waals surface area contributed by atoms with Gasteiger partial charge in [-0.15, -0.1) is 5.10 Å². The van der Waals surface area contributed by atoms with Crippen molar-refractivity contribution in [3.8, 4) is 5.75 Å². The predicted molar refractivity (Wildman–Crippen MR) is 157 cm³/mol. The van der Waals surface area contributed by atoms with Crippen LogP contribution < -0.4 is 4.74 Å². The molecule has 0 bridgehead atoms. The molecule has 10 nitrogen and oxygen atoms in total. The highest BCUT2D eigenvalue weighted by Gasteiger charge is 2.54. The lowest BCUT2D eigenvalue weighted by Crippen LogP contribution is -2.52. The van der Waals surface area contributed by atoms with Gasteiger partial charge < -0.3 is 19.6 Å². The average Bonchev–Trinajstić information content (AvgIpc) is 3.50. The van der Waals surface area contributed by atoms with Crippen molar-refractivity contribution in [2.24, 2.45) is 16.7 Å². The molecule has 2 aromatic rings. The number of likely N-dealkylation sites (tertiary alicyclic amines) is 1. The van der Waals surface area contributed by atoms with Crippen LogP contribution in [0.25, 0.3) is 0 Å². The van der Waals surface area contributed by atoms with E-state index in [4.69, 9.17) is 16.3 Å². The van der Waals surface area contributed by atoms with E-state index in [1.54, 1.807) is 6.92 Å². The molecule has 1 aromatic carbocycles. The number of halogens is 1. The Morgan fingerprint density at radius 3 is 2.72 bits per heavy atom. The van der Waals surface area contributed by atoms with Crippen molar-refractivity contribution in [2.45, 2.75) is 96.7 Å². The molecular weight excluding hydrogens is 570 g/mol. The van der Waals surface area contributed by atoms with E-state index in [0.717, 1.165) is 74.0 Å². The molecule has 1 aromatic heterocycles. The summed E-state index contributed by atoms with van der Waals surface area (Å²) in [6.07, 6.45) is 8.93. The van der Waals surface area contributed by atoms with Crippen molar-refractivity contribution in [2.75, 3.05) is 19.6 Å². The number of hydrogen-bond acceptors (Lipinski definition) is 6. The van der Waals surface area contributed by atoms with E-state index in [-0.39, 0.29) is 23.8 Å². The molecule has 1 saturated heterocycles. The van der Waals surface area contributed by atoms with Crippen molar-refractivity contribution >= 4 is 29.4 Å². The fourth-order valence-corrected chi connectivity index (χ4v) is 8.31. The summed E-state index contributed by atoms with van der Waals surface area (Å²) in [4.78, 5) is 43.9. The van der Waals surface area contributed by atoms with E-state index in [2.05, 4.69) is 10.3 Å². The van der Waals surface area contributed by atoms with E-state index < -0.39 is 23.3 Å². The van der Waals surface area contributed by atoms with Crippen LogP contribution >= 0.6 is 11.6 Å². The van der Waals surface area contributed by atoms with E-state index in [0.29, 0.717) is 56.1 Å². The maximum absolute atomic E-state index is 14.5. The zero-order valence-corrected chi connectivity index (χ0v) is 25.6. The third-order valence-electron chi connectivity index (χ3n) is 10.9. The van der Waals surface area contributed by atoms with Crippen LogP contribution in [0.4, 0.5) is 0 Å². The van der Waals surface area contributed by atoms with E-state index >= 15 is 0 Å². The first-order valence-electron chi connectivity index (χ1n) is 15.9. The molecule has 2 amide bonds. The van der Waals surface area contributed by atoms with Gasteiger partial charge in [0.1, 0.15) is 18.1 Å². The number of amides is 2. The molecule has 4 heterocycles. The minimum absolute atomic E-state index is 0.0789. The Bertz CT molecular complexity index is 1470. The second kappa shape index (κ2) is 10.8. The number of fused-ring (bicyclic) bond motifs is 2. The van der Waals surface area contributed by atoms with Crippen LogP contribution in [0.15, 0.2) is 12.1 Å². The fraction of sp³-hybridized carbons (Fsp3) is 0.656. The molecule has 7 rings (SSSR count). The van der Waals surface area contributed by atoms with E-state index in [1.165, 1.54) is 0 Å². The van der Waals surface area contributed by atoms with Gasteiger partial charge >= 0.3 is 5.97 Å². The van der Waals surface area contributed by atoms with Crippen molar-refractivity contribution in [3.63, 3.8) is 0 Å². The van der Waals surface area contributed by atoms with Gasteiger partial charge in [-0.2, -0.15) is 0 Å². The quantitative estimate of drug-likeness (QED) is 0.489. The number of ether oxygens (including phenoxy) is 1. The second-order valence-electron chi connectivity index (χ2n) is 13.7. The number of hydrogen-bond donors (Lipinski definition) is 1. The Hall–Kier alpha value is -3.14. The molecule has 3 atom stereocenters. The first-order valence-corrected chi connectivity index (χ1v) is 16.2. The van der Waals surface area contributed by atoms with Crippen molar-refractivity contribution < 1.29 is 24.2 Å². The Kier molecular flexibility index (Phi) is 7.18. The van der Waals surface area contributed by atoms with Gasteiger partial charge in [-0.05, 0) is 81.4 Å². The minimum Gasteiger partial charge on any atom is -0.487 e. The summed E-state index contributed by atoms with van der Waals surface area (Å²) in [5.74, 6) is -0.957. The SMILES string of the molecule is C[C@]1(C(=O)O)CCCC[C@H]1C(=O)N1CCc2c(Cl)ccc(OCc3nnn4c3CCCC4)c2[C@H]1CN1CC2(CC2)CC1=O. The highest BCUT2D eigenvalue weighted by Crippen LogP contribution is 2.54. The maximum Gasteiger partial charge on any atom is 0.310 e. The van der Waals surface area contributed by atoms with Crippen LogP contribution in [-0.4, -0.2) is 67.3 Å². The topological polar surface area (TPSA) is 118 Å². The molecule has 0 unspecified atom stereocenters. The lowest BCUT2D eigenvalue weighted by molar-refractivity contribution is -0.162. The Morgan fingerprint density at radius 2 is 1.95 bits per heavy atom. The fourth-order valence-electron chi connectivity index (χ4n) is 8.05. The Balaban J connectivity index is 1.25. The molecule has 2 saturated carbocycles. The lowest BCUT2D eigenvalue weighted by Gasteiger charge is -2.45. The highest BCUT2D eigenvalue weighted by molar-refractivity contribution is 6.31. The number of carbonyl (C=O) groups excluding carboxylic acids is 2. The molecule has 1 N–H and O–H groups in total. The van der Waals surface area contributed by atoms with Crippen LogP contribution in [0, 0.1) is 16.7 Å². The van der Waals surface area contributed by atoms with Gasteiger partial charge in [-0.25, -0.2) is 4.68 Å². The molecule has 1 spiro atoms. The highest BCUT2D eigenvalue weighted by atomic mass is 35.5. The van der Waals surface area contributed by atoms with Crippen molar-refractivity contribution in [3.05, 3.63) is 39.7 Å². The number of benzene rings is 1. The molecule has 2 aliphatic carbocycles. The molecule has 3 aliphatic heterocycles. The number of aromatic nitrogens is 3. The van der Waals surface area contributed by atoms with E-state index in [1.807, 2.05) is 26.6 Å². The van der Waals surface area contributed by atoms with Crippen LogP contribution in [0.2, 0.25) is 5.02 Å². The molecule has 3 fully saturated rings. The summed E-state index contributed by atoms with van der Waals surface area (Å²) in [7, 11) is 0. The summed E-state index contributed by atoms with van der Waals surface area (Å²) in [5, 5.41) is 19.6. The average molecular weight is 610 g/mol. The van der Waals surface area contributed by atoms with Crippen LogP contribution in [0.1, 0.15) is 93.3 Å². The number of aliphatic carboxylic acids is 1. The lowest BCUT2D eigenvalue weighted by atomic mass is 9.66. The third-order valence-corrected chi connectivity index (χ3v) is 11.3. The summed E-state index contributed by atoms with van der Waals surface area (Å²) in [5.41, 5.74) is 2.62. The second-order valence-corrected chi connectivity index (χ2v) is 14.1. The minimum atomic E-state index is -1.12. The van der Waals surface area contributed by atoms with Gasteiger partial charge in [0, 0.05) is 43.2 Å². The summed E-state index contributed by atoms with van der Waals surface area (Å²) in [6.45, 7) is 4.27. The van der Waals surface area contributed by atoms with Gasteiger partial charge in [-0.1, -0.05) is 29.7 Å². The van der Waals surface area contributed by atoms with Gasteiger partial charge in [0.2, 0.25) is 11.8 Å². The van der Waals surface area contributed by atoms with Crippen LogP contribution in [0.3, 0.4) is 0 Å². The molecule has 5 aliphatic rings. The monoisotopic (exact) mass is 609 g/mol. The van der Waals surface area contributed by atoms with Crippen LogP contribution in [0.5, 0.6) is 5.75 Å². The largest absolute Gasteiger partial charge is 0.487 e. The normalized spacial score (nSPS) is 27.6. The molecular formula is C32H40ClN5O5. The molecule has 230 valence electrons. The summed E-state index contributed by atoms with van der Waals surface area (Å²) in [6, 6.07) is 3.21. The standard InChI is InChI=1S/C32H40ClN5O5/c1-31(30(41)42)11-4-2-6-21(31)29(40)37-15-10-20-22(33)8-9-26(43-18-23-24-7-3-5-14-38(24)35-34-23)28(20)25(37)17-36-19-32(12-13-32)16-27(36)39/h8-9,21,25H,2-7,10-19H2,1H3,(H,41,42)/t21-,25+,31-/m0/s1. The van der Waals surface area contributed by atoms with Gasteiger partial charge in [0.25, 0.3) is 0 Å². The Labute approximate surface area is 256 Å². The molecule has 43 heavy (non-hydrogen) atoms. The van der Waals surface area contributed by atoms with Crippen molar-refractivity contribution in [1.29, 1.82) is 0 Å². The number of carboxylic acids is 1. The van der Waals surface area contributed by atoms with Gasteiger partial charge in [0.15, 0.2) is 0 Å². The zero-order valence-electron chi connectivity index (χ0n) is 24.8. The summed E-state index contributed by atoms with van der Waals surface area (Å²) >= 11 is 6.79. The van der Waals surface area contributed by atoms with Crippen LogP contribution in [-0.2, 0) is 40.4 Å². The van der Waals surface area contributed by atoms with Gasteiger partial charge in [-0.3, -0.25) is 14.4 Å². The number of carbonyl (C=O) groups is 3. The predicted octanol–water partition coefficient (Wildman–Crippen LogP) is 4.57. The number of carboxylic acid groups (broad SMARTS) is 1. The summed E-state index contributed by atoms with van der Waals surface area (Å²) < 4.78 is 8.44. The Morgan fingerprint density at radius 1 is 1.12 bits per heavy atom. The number of aryl methyl sites for hydroxylation is 1. The zero-order chi connectivity index (χ0) is 29.9. The smallest absolute Gasteiger partial charge is 0.310 e. The maximum atomic E-state index is 14.5. The van der Waals surface area contributed by atoms with E-state index in [9.17, 15) is 19.5 Å². The third kappa shape index (κ3) is 4.99. The first kappa shape index (κ1) is 28.6. The molecule has 11 heteroatoms. The van der Waals surface area contributed by atoms with Gasteiger partial charge in [0.05, 0.1) is 23.1 Å².